The molecule has 0 amide bonds. The van der Waals surface area contributed by atoms with Crippen LogP contribution in [0.3, 0.4) is 0 Å². The topological polar surface area (TPSA) is 52.0 Å². The molecule has 3 heteroatoms. The van der Waals surface area contributed by atoms with Gasteiger partial charge in [0.1, 0.15) is 5.52 Å². The number of hydrogen-bond acceptors (Lipinski definition) is 3. The van der Waals surface area contributed by atoms with Crippen molar-refractivity contribution in [3.8, 4) is 11.5 Å². The van der Waals surface area contributed by atoms with Gasteiger partial charge in [0.15, 0.2) is 5.58 Å². The normalized spacial score (nSPS) is 11.2. The van der Waals surface area contributed by atoms with Crippen molar-refractivity contribution in [3.63, 3.8) is 0 Å². The van der Waals surface area contributed by atoms with E-state index < -0.39 is 0 Å². The molecular formula is C17H12N2O. The fourth-order valence-corrected chi connectivity index (χ4v) is 2.47. The van der Waals surface area contributed by atoms with Crippen LogP contribution in [0, 0.1) is 0 Å². The number of nitrogens with two attached hydrogens (primary N) is 1. The van der Waals surface area contributed by atoms with Gasteiger partial charge in [0.25, 0.3) is 0 Å². The van der Waals surface area contributed by atoms with Crippen molar-refractivity contribution in [2.24, 2.45) is 0 Å². The summed E-state index contributed by atoms with van der Waals surface area (Å²) in [6, 6.07) is 19.8. The summed E-state index contributed by atoms with van der Waals surface area (Å²) in [4.78, 5) is 4.55. The molecule has 0 fully saturated rings. The average Bonchev–Trinajstić information content (AvgIpc) is 2.89. The third-order valence-corrected chi connectivity index (χ3v) is 3.43. The van der Waals surface area contributed by atoms with Crippen molar-refractivity contribution in [3.05, 3.63) is 60.7 Å². The van der Waals surface area contributed by atoms with E-state index in [1.807, 2.05) is 36.4 Å². The van der Waals surface area contributed by atoms with Crippen LogP contribution in [0.5, 0.6) is 0 Å². The monoisotopic (exact) mass is 260 g/mol. The Morgan fingerprint density at radius 3 is 2.70 bits per heavy atom. The van der Waals surface area contributed by atoms with Crippen molar-refractivity contribution >= 4 is 27.6 Å². The highest BCUT2D eigenvalue weighted by molar-refractivity contribution is 5.95. The van der Waals surface area contributed by atoms with Crippen LogP contribution in [-0.2, 0) is 0 Å². The van der Waals surface area contributed by atoms with Crippen molar-refractivity contribution in [1.82, 2.24) is 4.98 Å². The number of aromatic nitrogens is 1. The zero-order chi connectivity index (χ0) is 13.5. The first-order valence-corrected chi connectivity index (χ1v) is 6.45. The van der Waals surface area contributed by atoms with Gasteiger partial charge in [-0.25, -0.2) is 4.98 Å². The summed E-state index contributed by atoms with van der Waals surface area (Å²) in [6.07, 6.45) is 0. The molecule has 4 aromatic rings. The fourth-order valence-electron chi connectivity index (χ4n) is 2.47. The number of rotatable bonds is 1. The molecule has 0 aliphatic heterocycles. The molecule has 0 aliphatic rings. The lowest BCUT2D eigenvalue weighted by Gasteiger charge is -2.01. The molecule has 0 spiro atoms. The highest BCUT2D eigenvalue weighted by Crippen LogP contribution is 2.30. The quantitative estimate of drug-likeness (QED) is 0.521. The Hall–Kier alpha value is -2.81. The van der Waals surface area contributed by atoms with E-state index in [1.54, 1.807) is 6.07 Å². The second-order valence-corrected chi connectivity index (χ2v) is 4.77. The molecule has 3 nitrogen and oxygen atoms in total. The molecule has 2 N–H and O–H groups in total. The maximum Gasteiger partial charge on any atom is 0.227 e. The van der Waals surface area contributed by atoms with Crippen LogP contribution in [0.25, 0.3) is 33.3 Å². The van der Waals surface area contributed by atoms with Crippen LogP contribution in [0.15, 0.2) is 65.1 Å². The Labute approximate surface area is 115 Å². The number of hydrogen-bond donors (Lipinski definition) is 1. The van der Waals surface area contributed by atoms with Crippen LogP contribution in [0.2, 0.25) is 0 Å². The van der Waals surface area contributed by atoms with Crippen LogP contribution < -0.4 is 5.73 Å². The van der Waals surface area contributed by atoms with Gasteiger partial charge in [-0.3, -0.25) is 0 Å². The molecule has 0 unspecified atom stereocenters. The van der Waals surface area contributed by atoms with Gasteiger partial charge in [-0.05, 0) is 29.0 Å². The third-order valence-electron chi connectivity index (χ3n) is 3.43. The molecule has 0 saturated heterocycles. The van der Waals surface area contributed by atoms with Crippen LogP contribution in [0.4, 0.5) is 5.69 Å². The minimum absolute atomic E-state index is 0.627. The predicted octanol–water partition coefficient (Wildman–Crippen LogP) is 4.23. The number of benzene rings is 3. The van der Waals surface area contributed by atoms with E-state index in [4.69, 9.17) is 10.2 Å². The highest BCUT2D eigenvalue weighted by atomic mass is 16.3. The van der Waals surface area contributed by atoms with E-state index in [-0.39, 0.29) is 0 Å². The van der Waals surface area contributed by atoms with Crippen LogP contribution in [-0.4, -0.2) is 4.98 Å². The first-order chi connectivity index (χ1) is 9.81. The van der Waals surface area contributed by atoms with Gasteiger partial charge in [-0.15, -0.1) is 0 Å². The SMILES string of the molecule is Nc1ccc2nc(-c3cccc4ccccc34)oc2c1. The molecule has 0 bridgehead atoms. The molecule has 1 heterocycles. The Kier molecular flexibility index (Phi) is 2.27. The van der Waals surface area contributed by atoms with E-state index in [0.29, 0.717) is 17.2 Å². The molecule has 0 saturated carbocycles. The Morgan fingerprint density at radius 1 is 0.900 bits per heavy atom. The van der Waals surface area contributed by atoms with Crippen molar-refractivity contribution in [2.45, 2.75) is 0 Å². The summed E-state index contributed by atoms with van der Waals surface area (Å²) in [5, 5.41) is 2.31. The number of oxazole rings is 1. The van der Waals surface area contributed by atoms with Gasteiger partial charge in [0, 0.05) is 17.3 Å². The summed E-state index contributed by atoms with van der Waals surface area (Å²) in [5.74, 6) is 0.627. The fraction of sp³-hybridized carbons (Fsp3) is 0. The Balaban J connectivity index is 2.01. The summed E-state index contributed by atoms with van der Waals surface area (Å²) < 4.78 is 5.85. The van der Waals surface area contributed by atoms with Crippen LogP contribution in [0.1, 0.15) is 0 Å². The maximum absolute atomic E-state index is 5.85. The molecule has 0 atom stereocenters. The minimum Gasteiger partial charge on any atom is -0.436 e. The molecule has 3 aromatic carbocycles. The van der Waals surface area contributed by atoms with Gasteiger partial charge in [-0.2, -0.15) is 0 Å². The lowest BCUT2D eigenvalue weighted by atomic mass is 10.0. The molecule has 4 rings (SSSR count). The van der Waals surface area contributed by atoms with Crippen molar-refractivity contribution in [1.29, 1.82) is 0 Å². The zero-order valence-corrected chi connectivity index (χ0v) is 10.7. The van der Waals surface area contributed by atoms with Crippen molar-refractivity contribution in [2.75, 3.05) is 5.73 Å². The standard InChI is InChI=1S/C17H12N2O/c18-12-8-9-15-16(10-12)20-17(19-15)14-7-3-5-11-4-1-2-6-13(11)14/h1-10H,18H2. The summed E-state index contributed by atoms with van der Waals surface area (Å²) >= 11 is 0. The lowest BCUT2D eigenvalue weighted by Crippen LogP contribution is -1.81. The van der Waals surface area contributed by atoms with Gasteiger partial charge >= 0.3 is 0 Å². The van der Waals surface area contributed by atoms with E-state index in [0.717, 1.165) is 16.5 Å². The summed E-state index contributed by atoms with van der Waals surface area (Å²) in [7, 11) is 0. The van der Waals surface area contributed by atoms with E-state index in [2.05, 4.69) is 23.2 Å². The smallest absolute Gasteiger partial charge is 0.227 e. The number of nitrogen functional groups attached to an aromatic ring is 1. The minimum atomic E-state index is 0.627. The zero-order valence-electron chi connectivity index (χ0n) is 10.7. The Morgan fingerprint density at radius 2 is 1.75 bits per heavy atom. The number of anilines is 1. The average molecular weight is 260 g/mol. The lowest BCUT2D eigenvalue weighted by molar-refractivity contribution is 0.621. The van der Waals surface area contributed by atoms with E-state index in [1.165, 1.54) is 5.39 Å². The molecule has 96 valence electrons. The molecule has 0 aliphatic carbocycles. The first-order valence-electron chi connectivity index (χ1n) is 6.45. The Bertz CT molecular complexity index is 919. The maximum atomic E-state index is 5.85. The third kappa shape index (κ3) is 1.64. The molecular weight excluding hydrogens is 248 g/mol. The summed E-state index contributed by atoms with van der Waals surface area (Å²) in [6.45, 7) is 0. The molecule has 0 radical (unpaired) electrons. The first kappa shape index (κ1) is 11.1. The number of fused-ring (bicyclic) bond motifs is 2. The van der Waals surface area contributed by atoms with Crippen LogP contribution >= 0.6 is 0 Å². The summed E-state index contributed by atoms with van der Waals surface area (Å²) in [5.41, 5.74) is 8.99. The van der Waals surface area contributed by atoms with Gasteiger partial charge < -0.3 is 10.2 Å². The predicted molar refractivity (Wildman–Crippen MR) is 81.4 cm³/mol. The van der Waals surface area contributed by atoms with Gasteiger partial charge in [-0.1, -0.05) is 36.4 Å². The largest absolute Gasteiger partial charge is 0.436 e. The van der Waals surface area contributed by atoms with Crippen molar-refractivity contribution < 1.29 is 4.42 Å². The molecule has 20 heavy (non-hydrogen) atoms. The van der Waals surface area contributed by atoms with Gasteiger partial charge in [0.2, 0.25) is 5.89 Å². The second kappa shape index (κ2) is 4.10. The van der Waals surface area contributed by atoms with E-state index >= 15 is 0 Å². The highest BCUT2D eigenvalue weighted by Gasteiger charge is 2.11. The van der Waals surface area contributed by atoms with Gasteiger partial charge in [0.05, 0.1) is 0 Å². The second-order valence-electron chi connectivity index (χ2n) is 4.77. The molecule has 1 aromatic heterocycles. The number of nitrogens with zero attached hydrogens (tertiary/aromatic N) is 1. The van der Waals surface area contributed by atoms with E-state index in [9.17, 15) is 0 Å².